The molecule has 0 aliphatic heterocycles. The van der Waals surface area contributed by atoms with Crippen LogP contribution in [0.15, 0.2) is 18.7 Å². The zero-order valence-electron chi connectivity index (χ0n) is 6.03. The van der Waals surface area contributed by atoms with Crippen molar-refractivity contribution in [1.82, 2.24) is 9.55 Å². The first-order valence-electron chi connectivity index (χ1n) is 3.43. The highest BCUT2D eigenvalue weighted by molar-refractivity contribution is 6.63. The molecule has 0 spiro atoms. The Morgan fingerprint density at radius 3 is 3.00 bits per heavy atom. The fourth-order valence-electron chi connectivity index (χ4n) is 0.820. The summed E-state index contributed by atoms with van der Waals surface area (Å²) in [6.07, 6.45) is 6.50. The summed E-state index contributed by atoms with van der Waals surface area (Å²) in [4.78, 5) is 14.2. The van der Waals surface area contributed by atoms with Gasteiger partial charge in [0.05, 0.1) is 6.33 Å². The van der Waals surface area contributed by atoms with Crippen LogP contribution in [-0.2, 0) is 11.3 Å². The fourth-order valence-corrected chi connectivity index (χ4v) is 0.953. The van der Waals surface area contributed by atoms with E-state index in [0.29, 0.717) is 6.42 Å². The van der Waals surface area contributed by atoms with Crippen molar-refractivity contribution in [2.75, 3.05) is 0 Å². The molecule has 1 rings (SSSR count). The lowest BCUT2D eigenvalue weighted by Gasteiger charge is -1.97. The van der Waals surface area contributed by atoms with Crippen LogP contribution in [0.1, 0.15) is 12.8 Å². The third-order valence-corrected chi connectivity index (χ3v) is 1.54. The van der Waals surface area contributed by atoms with Gasteiger partial charge in [-0.2, -0.15) is 0 Å². The van der Waals surface area contributed by atoms with E-state index in [2.05, 4.69) is 4.98 Å². The molecule has 0 aliphatic carbocycles. The molecule has 1 aromatic rings. The zero-order chi connectivity index (χ0) is 8.10. The Labute approximate surface area is 70.0 Å². The average Bonchev–Trinajstić information content (AvgIpc) is 2.39. The van der Waals surface area contributed by atoms with E-state index in [0.717, 1.165) is 13.0 Å². The summed E-state index contributed by atoms with van der Waals surface area (Å²) in [5.74, 6) is 0. The van der Waals surface area contributed by atoms with Crippen molar-refractivity contribution in [3.63, 3.8) is 0 Å². The van der Waals surface area contributed by atoms with Crippen LogP contribution >= 0.6 is 11.6 Å². The lowest BCUT2D eigenvalue weighted by Crippen LogP contribution is -1.96. The van der Waals surface area contributed by atoms with Crippen LogP contribution in [0, 0.1) is 0 Å². The Morgan fingerprint density at radius 2 is 2.45 bits per heavy atom. The summed E-state index contributed by atoms with van der Waals surface area (Å²) in [5, 5.41) is -0.273. The van der Waals surface area contributed by atoms with Crippen molar-refractivity contribution in [3.8, 4) is 0 Å². The third-order valence-electron chi connectivity index (χ3n) is 1.35. The van der Waals surface area contributed by atoms with Crippen LogP contribution in [0.2, 0.25) is 0 Å². The number of nitrogens with zero attached hydrogens (tertiary/aromatic N) is 2. The summed E-state index contributed by atoms with van der Waals surface area (Å²) in [5.41, 5.74) is 0. The van der Waals surface area contributed by atoms with Crippen molar-refractivity contribution in [1.29, 1.82) is 0 Å². The Morgan fingerprint density at radius 1 is 1.64 bits per heavy atom. The van der Waals surface area contributed by atoms with Crippen molar-refractivity contribution < 1.29 is 4.79 Å². The molecule has 0 N–H and O–H groups in total. The molecule has 0 aliphatic rings. The predicted octanol–water partition coefficient (Wildman–Crippen LogP) is 1.43. The van der Waals surface area contributed by atoms with Gasteiger partial charge in [-0.15, -0.1) is 0 Å². The summed E-state index contributed by atoms with van der Waals surface area (Å²) in [6.45, 7) is 0.804. The minimum atomic E-state index is -0.273. The van der Waals surface area contributed by atoms with E-state index >= 15 is 0 Å². The number of rotatable bonds is 4. The topological polar surface area (TPSA) is 34.9 Å². The summed E-state index contributed by atoms with van der Waals surface area (Å²) >= 11 is 5.15. The number of carbonyl (C=O) groups is 1. The summed E-state index contributed by atoms with van der Waals surface area (Å²) in [6, 6.07) is 0. The van der Waals surface area contributed by atoms with Gasteiger partial charge in [0.2, 0.25) is 5.24 Å². The normalized spacial score (nSPS) is 9.91. The highest BCUT2D eigenvalue weighted by Gasteiger charge is 1.95. The van der Waals surface area contributed by atoms with E-state index in [4.69, 9.17) is 11.6 Å². The van der Waals surface area contributed by atoms with Crippen molar-refractivity contribution in [3.05, 3.63) is 18.7 Å². The molecule has 11 heavy (non-hydrogen) atoms. The van der Waals surface area contributed by atoms with Gasteiger partial charge in [-0.3, -0.25) is 4.79 Å². The highest BCUT2D eigenvalue weighted by atomic mass is 35.5. The Hall–Kier alpha value is -0.830. The minimum absolute atomic E-state index is 0.273. The number of hydrogen-bond acceptors (Lipinski definition) is 2. The van der Waals surface area contributed by atoms with E-state index < -0.39 is 0 Å². The van der Waals surface area contributed by atoms with Gasteiger partial charge in [-0.05, 0) is 18.0 Å². The first-order chi connectivity index (χ1) is 5.29. The Balaban J connectivity index is 2.19. The molecule has 0 saturated heterocycles. The number of imidazole rings is 1. The van der Waals surface area contributed by atoms with Gasteiger partial charge in [0.15, 0.2) is 0 Å². The third kappa shape index (κ3) is 3.18. The molecule has 60 valence electrons. The van der Waals surface area contributed by atoms with Gasteiger partial charge in [0.25, 0.3) is 0 Å². The van der Waals surface area contributed by atoms with E-state index in [-0.39, 0.29) is 5.24 Å². The molecule has 0 saturated carbocycles. The van der Waals surface area contributed by atoms with Gasteiger partial charge in [0.1, 0.15) is 0 Å². The maximum Gasteiger partial charge on any atom is 0.221 e. The maximum absolute atomic E-state index is 10.3. The number of halogens is 1. The molecule has 0 amide bonds. The molecule has 0 atom stereocenters. The Bertz CT molecular complexity index is 220. The van der Waals surface area contributed by atoms with Gasteiger partial charge < -0.3 is 4.57 Å². The predicted molar refractivity (Wildman–Crippen MR) is 42.3 cm³/mol. The summed E-state index contributed by atoms with van der Waals surface area (Å²) in [7, 11) is 0. The molecule has 4 heteroatoms. The molecule has 1 heterocycles. The second-order valence-corrected chi connectivity index (χ2v) is 2.68. The monoisotopic (exact) mass is 172 g/mol. The van der Waals surface area contributed by atoms with Crippen LogP contribution < -0.4 is 0 Å². The second kappa shape index (κ2) is 4.13. The van der Waals surface area contributed by atoms with Gasteiger partial charge in [-0.1, -0.05) is 0 Å². The maximum atomic E-state index is 10.3. The smallest absolute Gasteiger partial charge is 0.221 e. The molecular formula is C7H9ClN2O. The highest BCUT2D eigenvalue weighted by Crippen LogP contribution is 1.97. The Kier molecular flexibility index (Phi) is 3.11. The number of hydrogen-bond donors (Lipinski definition) is 0. The van der Waals surface area contributed by atoms with Crippen molar-refractivity contribution >= 4 is 16.8 Å². The van der Waals surface area contributed by atoms with Crippen LogP contribution in [0.5, 0.6) is 0 Å². The molecule has 0 bridgehead atoms. The number of carbonyl (C=O) groups excluding carboxylic acids is 1. The van der Waals surface area contributed by atoms with Gasteiger partial charge in [-0.25, -0.2) is 4.98 Å². The lowest BCUT2D eigenvalue weighted by atomic mass is 10.3. The summed E-state index contributed by atoms with van der Waals surface area (Å²) < 4.78 is 1.92. The van der Waals surface area contributed by atoms with Crippen molar-refractivity contribution in [2.24, 2.45) is 0 Å². The number of aryl methyl sites for hydroxylation is 1. The molecule has 0 fully saturated rings. The molecule has 0 unspecified atom stereocenters. The molecule has 3 nitrogen and oxygen atoms in total. The van der Waals surface area contributed by atoms with Crippen LogP contribution in [0.25, 0.3) is 0 Å². The standard InChI is InChI=1S/C7H9ClN2O/c8-7(11)2-1-4-10-5-3-9-6-10/h3,5-6H,1-2,4H2. The van der Waals surface area contributed by atoms with Gasteiger partial charge >= 0.3 is 0 Å². The van der Waals surface area contributed by atoms with Crippen LogP contribution in [0.4, 0.5) is 0 Å². The first kappa shape index (κ1) is 8.27. The second-order valence-electron chi connectivity index (χ2n) is 2.26. The molecule has 0 aromatic carbocycles. The first-order valence-corrected chi connectivity index (χ1v) is 3.81. The van der Waals surface area contributed by atoms with E-state index in [1.807, 2.05) is 10.8 Å². The van der Waals surface area contributed by atoms with E-state index in [1.54, 1.807) is 12.5 Å². The van der Waals surface area contributed by atoms with E-state index in [1.165, 1.54) is 0 Å². The molecular weight excluding hydrogens is 164 g/mol. The zero-order valence-corrected chi connectivity index (χ0v) is 6.79. The van der Waals surface area contributed by atoms with Crippen LogP contribution in [-0.4, -0.2) is 14.8 Å². The largest absolute Gasteiger partial charge is 0.337 e. The quantitative estimate of drug-likeness (QED) is 0.644. The minimum Gasteiger partial charge on any atom is -0.337 e. The average molecular weight is 173 g/mol. The molecule has 1 aromatic heterocycles. The van der Waals surface area contributed by atoms with Crippen molar-refractivity contribution in [2.45, 2.75) is 19.4 Å². The van der Waals surface area contributed by atoms with Gasteiger partial charge in [0, 0.05) is 25.4 Å². The number of aromatic nitrogens is 2. The lowest BCUT2D eigenvalue weighted by molar-refractivity contribution is -0.111. The molecule has 0 radical (unpaired) electrons. The van der Waals surface area contributed by atoms with E-state index in [9.17, 15) is 4.79 Å². The van der Waals surface area contributed by atoms with Crippen LogP contribution in [0.3, 0.4) is 0 Å². The SMILES string of the molecule is O=C(Cl)CCCn1ccnc1. The fraction of sp³-hybridized carbons (Fsp3) is 0.429.